The van der Waals surface area contributed by atoms with Crippen LogP contribution in [-0.4, -0.2) is 19.4 Å². The van der Waals surface area contributed by atoms with Crippen LogP contribution in [0.4, 0.5) is 13.2 Å². The molecule has 0 aromatic carbocycles. The molecule has 0 unspecified atom stereocenters. The van der Waals surface area contributed by atoms with Crippen molar-refractivity contribution in [1.82, 2.24) is 0 Å². The number of hydrogen-bond donors (Lipinski definition) is 0. The molecule has 20 heavy (non-hydrogen) atoms. The Kier molecular flexibility index (Phi) is 6.66. The third-order valence-corrected chi connectivity index (χ3v) is 5.32. The molecule has 0 aromatic rings. The van der Waals surface area contributed by atoms with Crippen molar-refractivity contribution in [3.05, 3.63) is 0 Å². The molecule has 0 heterocycles. The average molecular weight is 292 g/mol. The fourth-order valence-corrected chi connectivity index (χ4v) is 4.16. The van der Waals surface area contributed by atoms with Gasteiger partial charge in [-0.2, -0.15) is 8.78 Å². The summed E-state index contributed by atoms with van der Waals surface area (Å²) in [6.07, 6.45) is 10.2. The predicted molar refractivity (Wildman–Crippen MR) is 73.5 cm³/mol. The van der Waals surface area contributed by atoms with E-state index in [-0.39, 0.29) is 12.8 Å². The molecule has 0 atom stereocenters. The molecular formula is C16H27F3O. The fraction of sp³-hybridized carbons (Fsp3) is 1.00. The highest BCUT2D eigenvalue weighted by Crippen LogP contribution is 2.41. The van der Waals surface area contributed by atoms with Gasteiger partial charge in [-0.3, -0.25) is 4.39 Å². The highest BCUT2D eigenvalue weighted by atomic mass is 19.3. The van der Waals surface area contributed by atoms with E-state index >= 15 is 0 Å². The highest BCUT2D eigenvalue weighted by molar-refractivity contribution is 4.82. The van der Waals surface area contributed by atoms with Crippen molar-refractivity contribution in [1.29, 1.82) is 0 Å². The van der Waals surface area contributed by atoms with Crippen molar-refractivity contribution in [3.63, 3.8) is 0 Å². The van der Waals surface area contributed by atoms with Gasteiger partial charge in [0.05, 0.1) is 12.8 Å². The first-order chi connectivity index (χ1) is 9.69. The Morgan fingerprint density at radius 3 is 1.90 bits per heavy atom. The van der Waals surface area contributed by atoms with Gasteiger partial charge in [0.15, 0.2) is 0 Å². The Morgan fingerprint density at radius 2 is 1.40 bits per heavy atom. The van der Waals surface area contributed by atoms with Gasteiger partial charge in [0.2, 0.25) is 0 Å². The van der Waals surface area contributed by atoms with Crippen LogP contribution in [-0.2, 0) is 4.74 Å². The van der Waals surface area contributed by atoms with Crippen molar-refractivity contribution >= 4 is 0 Å². The Morgan fingerprint density at radius 1 is 0.850 bits per heavy atom. The summed E-state index contributed by atoms with van der Waals surface area (Å²) < 4.78 is 41.1. The van der Waals surface area contributed by atoms with Crippen LogP contribution in [0.1, 0.15) is 64.2 Å². The van der Waals surface area contributed by atoms with Crippen molar-refractivity contribution in [2.24, 2.45) is 17.8 Å². The molecule has 1 nitrogen and oxygen atoms in total. The van der Waals surface area contributed by atoms with Crippen LogP contribution in [0.5, 0.6) is 0 Å². The maximum atomic E-state index is 12.2. The van der Waals surface area contributed by atoms with Gasteiger partial charge >= 0.3 is 6.61 Å². The van der Waals surface area contributed by atoms with Crippen LogP contribution in [0.3, 0.4) is 0 Å². The molecule has 0 bridgehead atoms. The third-order valence-electron chi connectivity index (χ3n) is 5.32. The van der Waals surface area contributed by atoms with Gasteiger partial charge in [0, 0.05) is 0 Å². The molecular weight excluding hydrogens is 265 g/mol. The number of alkyl halides is 3. The summed E-state index contributed by atoms with van der Waals surface area (Å²) in [5, 5.41) is 0. The first-order valence-corrected chi connectivity index (χ1v) is 8.18. The van der Waals surface area contributed by atoms with E-state index in [0.29, 0.717) is 12.3 Å². The standard InChI is InChI=1S/C16H27F3O/c17-11-1-2-12-3-5-13(6-4-12)14-7-9-15(10-8-14)20-16(18)19/h12-16H,1-11H2. The summed E-state index contributed by atoms with van der Waals surface area (Å²) in [5.74, 6) is 2.19. The van der Waals surface area contributed by atoms with E-state index in [1.807, 2.05) is 0 Å². The summed E-state index contributed by atoms with van der Waals surface area (Å²) in [7, 11) is 0. The van der Waals surface area contributed by atoms with Crippen LogP contribution in [0.15, 0.2) is 0 Å². The number of rotatable bonds is 6. The van der Waals surface area contributed by atoms with Gasteiger partial charge in [-0.05, 0) is 69.1 Å². The molecule has 2 saturated carbocycles. The number of halogens is 3. The molecule has 2 aliphatic carbocycles. The Bertz CT molecular complexity index is 256. The molecule has 0 saturated heterocycles. The van der Waals surface area contributed by atoms with Gasteiger partial charge < -0.3 is 4.74 Å². The first-order valence-electron chi connectivity index (χ1n) is 8.18. The third kappa shape index (κ3) is 4.94. The van der Waals surface area contributed by atoms with Crippen LogP contribution in [0.2, 0.25) is 0 Å². The molecule has 0 amide bonds. The Balaban J connectivity index is 1.65. The second-order valence-electron chi connectivity index (χ2n) is 6.55. The zero-order chi connectivity index (χ0) is 14.4. The minimum absolute atomic E-state index is 0.186. The highest BCUT2D eigenvalue weighted by Gasteiger charge is 2.31. The quantitative estimate of drug-likeness (QED) is 0.642. The summed E-state index contributed by atoms with van der Waals surface area (Å²) >= 11 is 0. The lowest BCUT2D eigenvalue weighted by Crippen LogP contribution is -2.29. The lowest BCUT2D eigenvalue weighted by molar-refractivity contribution is -0.172. The van der Waals surface area contributed by atoms with Crippen LogP contribution >= 0.6 is 0 Å². The van der Waals surface area contributed by atoms with E-state index in [1.165, 1.54) is 25.7 Å². The molecule has 0 radical (unpaired) electrons. The van der Waals surface area contributed by atoms with Crippen LogP contribution in [0.25, 0.3) is 0 Å². The van der Waals surface area contributed by atoms with Gasteiger partial charge in [0.25, 0.3) is 0 Å². The molecule has 2 rings (SSSR count). The summed E-state index contributed by atoms with van der Waals surface area (Å²) in [6, 6.07) is 0. The lowest BCUT2D eigenvalue weighted by Gasteiger charge is -2.37. The zero-order valence-electron chi connectivity index (χ0n) is 12.2. The van der Waals surface area contributed by atoms with Gasteiger partial charge in [-0.1, -0.05) is 12.8 Å². The molecule has 0 spiro atoms. The number of hydrogen-bond acceptors (Lipinski definition) is 1. The van der Waals surface area contributed by atoms with E-state index in [0.717, 1.165) is 43.9 Å². The van der Waals surface area contributed by atoms with Crippen molar-refractivity contribution in [2.75, 3.05) is 6.67 Å². The normalized spacial score (nSPS) is 35.4. The molecule has 4 heteroatoms. The van der Waals surface area contributed by atoms with Crippen LogP contribution in [0, 0.1) is 17.8 Å². The van der Waals surface area contributed by atoms with Gasteiger partial charge in [-0.25, -0.2) is 0 Å². The predicted octanol–water partition coefficient (Wildman–Crippen LogP) is 5.34. The average Bonchev–Trinajstić information content (AvgIpc) is 2.46. The zero-order valence-corrected chi connectivity index (χ0v) is 12.2. The van der Waals surface area contributed by atoms with Gasteiger partial charge in [0.1, 0.15) is 0 Å². The van der Waals surface area contributed by atoms with E-state index in [1.54, 1.807) is 0 Å². The lowest BCUT2D eigenvalue weighted by atomic mass is 9.70. The molecule has 0 aromatic heterocycles. The summed E-state index contributed by atoms with van der Waals surface area (Å²) in [4.78, 5) is 0. The maximum absolute atomic E-state index is 12.2. The summed E-state index contributed by atoms with van der Waals surface area (Å²) in [5.41, 5.74) is 0. The first kappa shape index (κ1) is 16.1. The second-order valence-corrected chi connectivity index (χ2v) is 6.55. The maximum Gasteiger partial charge on any atom is 0.345 e. The van der Waals surface area contributed by atoms with Crippen molar-refractivity contribution < 1.29 is 17.9 Å². The molecule has 2 aliphatic rings. The molecule has 0 N–H and O–H groups in total. The topological polar surface area (TPSA) is 9.23 Å². The molecule has 118 valence electrons. The Hall–Kier alpha value is -0.250. The van der Waals surface area contributed by atoms with Crippen molar-refractivity contribution in [2.45, 2.75) is 76.9 Å². The monoisotopic (exact) mass is 292 g/mol. The molecule has 2 fully saturated rings. The second kappa shape index (κ2) is 8.26. The van der Waals surface area contributed by atoms with E-state index in [4.69, 9.17) is 0 Å². The van der Waals surface area contributed by atoms with E-state index in [2.05, 4.69) is 4.74 Å². The minimum atomic E-state index is -2.62. The summed E-state index contributed by atoms with van der Waals surface area (Å²) in [6.45, 7) is -2.81. The van der Waals surface area contributed by atoms with Gasteiger partial charge in [-0.15, -0.1) is 0 Å². The SMILES string of the molecule is FCCCC1CCC(C2CCC(OC(F)F)CC2)CC1. The Labute approximate surface area is 120 Å². The fourth-order valence-electron chi connectivity index (χ4n) is 4.16. The van der Waals surface area contributed by atoms with Crippen LogP contribution < -0.4 is 0 Å². The smallest absolute Gasteiger partial charge is 0.320 e. The molecule has 0 aliphatic heterocycles. The van der Waals surface area contributed by atoms with E-state index < -0.39 is 6.61 Å². The van der Waals surface area contributed by atoms with Crippen molar-refractivity contribution in [3.8, 4) is 0 Å². The number of ether oxygens (including phenoxy) is 1. The van der Waals surface area contributed by atoms with E-state index in [9.17, 15) is 13.2 Å². The largest absolute Gasteiger partial charge is 0.345 e. The minimum Gasteiger partial charge on any atom is -0.320 e.